The number of hydrogen-bond acceptors (Lipinski definition) is 2. The molecule has 0 unspecified atom stereocenters. The Balaban J connectivity index is 1.15. The molecule has 0 N–H and O–H groups in total. The van der Waals surface area contributed by atoms with E-state index in [0.29, 0.717) is 0 Å². The van der Waals surface area contributed by atoms with Gasteiger partial charge in [0.05, 0.1) is 16.7 Å². The van der Waals surface area contributed by atoms with Crippen LogP contribution in [0.1, 0.15) is 0 Å². The summed E-state index contributed by atoms with van der Waals surface area (Å²) in [6.45, 7) is 0. The minimum absolute atomic E-state index is 0.867. The summed E-state index contributed by atoms with van der Waals surface area (Å²) < 4.78 is 9.10. The summed E-state index contributed by atoms with van der Waals surface area (Å²) in [7, 11) is 0. The molecule has 0 bridgehead atoms. The van der Waals surface area contributed by atoms with E-state index < -0.39 is 0 Å². The zero-order valence-electron chi connectivity index (χ0n) is 26.6. The molecule has 2 aromatic heterocycles. The van der Waals surface area contributed by atoms with Crippen molar-refractivity contribution < 1.29 is 4.42 Å². The summed E-state index contributed by atoms with van der Waals surface area (Å²) in [4.78, 5) is 2.30. The highest BCUT2D eigenvalue weighted by atomic mass is 16.3. The number of nitrogens with zero attached hydrogens (tertiary/aromatic N) is 2. The highest BCUT2D eigenvalue weighted by Crippen LogP contribution is 2.43. The third-order valence-electron chi connectivity index (χ3n) is 9.74. The molecule has 0 aliphatic rings. The Hall–Kier alpha value is -6.58. The molecule has 0 aliphatic carbocycles. The van der Waals surface area contributed by atoms with Gasteiger partial charge in [-0.2, -0.15) is 0 Å². The predicted molar refractivity (Wildman–Crippen MR) is 206 cm³/mol. The van der Waals surface area contributed by atoms with Crippen LogP contribution < -0.4 is 4.90 Å². The van der Waals surface area contributed by atoms with Crippen molar-refractivity contribution in [2.24, 2.45) is 0 Å². The molecule has 0 aliphatic heterocycles. The maximum atomic E-state index is 6.73. The molecule has 0 fully saturated rings. The van der Waals surface area contributed by atoms with Crippen molar-refractivity contribution in [3.63, 3.8) is 0 Å². The molecule has 0 atom stereocenters. The van der Waals surface area contributed by atoms with Crippen molar-refractivity contribution >= 4 is 71.6 Å². The van der Waals surface area contributed by atoms with Gasteiger partial charge in [0.25, 0.3) is 0 Å². The van der Waals surface area contributed by atoms with E-state index in [-0.39, 0.29) is 0 Å². The zero-order valence-corrected chi connectivity index (χ0v) is 26.6. The molecule has 0 spiro atoms. The van der Waals surface area contributed by atoms with E-state index in [0.717, 1.165) is 50.3 Å². The second-order valence-electron chi connectivity index (χ2n) is 12.6. The van der Waals surface area contributed by atoms with Crippen LogP contribution in [0.25, 0.3) is 71.3 Å². The van der Waals surface area contributed by atoms with Crippen molar-refractivity contribution in [1.82, 2.24) is 4.57 Å². The summed E-state index contributed by atoms with van der Waals surface area (Å²) in [5, 5.41) is 7.12. The minimum atomic E-state index is 0.867. The van der Waals surface area contributed by atoms with E-state index in [9.17, 15) is 0 Å². The van der Waals surface area contributed by atoms with Crippen LogP contribution in [0.3, 0.4) is 0 Å². The Bertz CT molecular complexity index is 2830. The Morgan fingerprint density at radius 1 is 0.408 bits per heavy atom. The highest BCUT2D eigenvalue weighted by molar-refractivity contribution is 6.13. The SMILES string of the molecule is c1ccc(N(c2ccc3ccccc3c2)c2cccc3c2oc2ccc(-c4ccc5c6ccccc6n(-c6ccccc6)c5c4)cc23)cc1. The minimum Gasteiger partial charge on any atom is -0.454 e. The van der Waals surface area contributed by atoms with Gasteiger partial charge in [-0.15, -0.1) is 0 Å². The van der Waals surface area contributed by atoms with Gasteiger partial charge < -0.3 is 13.9 Å². The van der Waals surface area contributed by atoms with Gasteiger partial charge in [-0.05, 0) is 88.6 Å². The molecule has 0 saturated heterocycles. The Kier molecular flexibility index (Phi) is 6.18. The maximum absolute atomic E-state index is 6.73. The van der Waals surface area contributed by atoms with E-state index in [1.165, 1.54) is 38.1 Å². The Morgan fingerprint density at radius 2 is 1.10 bits per heavy atom. The van der Waals surface area contributed by atoms with E-state index in [4.69, 9.17) is 4.42 Å². The first-order valence-electron chi connectivity index (χ1n) is 16.7. The second-order valence-corrected chi connectivity index (χ2v) is 12.6. The first kappa shape index (κ1) is 27.5. The van der Waals surface area contributed by atoms with Crippen LogP contribution in [0.4, 0.5) is 17.1 Å². The number of anilines is 3. The van der Waals surface area contributed by atoms with Gasteiger partial charge >= 0.3 is 0 Å². The van der Waals surface area contributed by atoms with Gasteiger partial charge in [0.2, 0.25) is 0 Å². The molecule has 0 saturated carbocycles. The first-order valence-corrected chi connectivity index (χ1v) is 16.7. The third-order valence-corrected chi connectivity index (χ3v) is 9.74. The molecule has 8 aromatic carbocycles. The van der Waals surface area contributed by atoms with Crippen molar-refractivity contribution in [2.75, 3.05) is 4.90 Å². The van der Waals surface area contributed by atoms with Gasteiger partial charge in [-0.3, -0.25) is 0 Å². The average molecular weight is 627 g/mol. The van der Waals surface area contributed by atoms with Crippen LogP contribution in [0.2, 0.25) is 0 Å². The van der Waals surface area contributed by atoms with Crippen molar-refractivity contribution in [1.29, 1.82) is 0 Å². The van der Waals surface area contributed by atoms with E-state index in [2.05, 4.69) is 191 Å². The summed E-state index contributed by atoms with van der Waals surface area (Å²) in [5.74, 6) is 0. The quantitative estimate of drug-likeness (QED) is 0.190. The number of hydrogen-bond donors (Lipinski definition) is 0. The van der Waals surface area contributed by atoms with Gasteiger partial charge in [0, 0.05) is 38.6 Å². The molecule has 3 nitrogen and oxygen atoms in total. The lowest BCUT2D eigenvalue weighted by Gasteiger charge is -2.25. The normalized spacial score (nSPS) is 11.7. The molecular formula is C46H30N2O. The fourth-order valence-corrected chi connectivity index (χ4v) is 7.46. The lowest BCUT2D eigenvalue weighted by atomic mass is 10.0. The van der Waals surface area contributed by atoms with Gasteiger partial charge in [-0.1, -0.05) is 115 Å². The Labute approximate surface area is 283 Å². The molecule has 230 valence electrons. The summed E-state index contributed by atoms with van der Waals surface area (Å²) in [6.07, 6.45) is 0. The van der Waals surface area contributed by atoms with Crippen LogP contribution in [0.15, 0.2) is 186 Å². The fourth-order valence-electron chi connectivity index (χ4n) is 7.46. The highest BCUT2D eigenvalue weighted by Gasteiger charge is 2.20. The van der Waals surface area contributed by atoms with Crippen LogP contribution in [0, 0.1) is 0 Å². The lowest BCUT2D eigenvalue weighted by Crippen LogP contribution is -2.10. The summed E-state index contributed by atoms with van der Waals surface area (Å²) in [6, 6.07) is 64.9. The van der Waals surface area contributed by atoms with Crippen LogP contribution >= 0.6 is 0 Å². The third kappa shape index (κ3) is 4.44. The summed E-state index contributed by atoms with van der Waals surface area (Å²) in [5.41, 5.74) is 10.8. The molecule has 0 radical (unpaired) electrons. The van der Waals surface area contributed by atoms with Crippen molar-refractivity contribution in [3.05, 3.63) is 182 Å². The zero-order chi connectivity index (χ0) is 32.3. The number of para-hydroxylation sites is 4. The van der Waals surface area contributed by atoms with E-state index in [1.807, 2.05) is 0 Å². The van der Waals surface area contributed by atoms with Crippen LogP contribution in [-0.2, 0) is 0 Å². The van der Waals surface area contributed by atoms with E-state index in [1.54, 1.807) is 0 Å². The van der Waals surface area contributed by atoms with Crippen molar-refractivity contribution in [2.45, 2.75) is 0 Å². The van der Waals surface area contributed by atoms with Gasteiger partial charge in [0.15, 0.2) is 5.58 Å². The number of furan rings is 1. The predicted octanol–water partition coefficient (Wildman–Crippen LogP) is 13.0. The fraction of sp³-hybridized carbons (Fsp3) is 0. The Morgan fingerprint density at radius 3 is 1.98 bits per heavy atom. The topological polar surface area (TPSA) is 21.3 Å². The van der Waals surface area contributed by atoms with Gasteiger partial charge in [0.1, 0.15) is 5.58 Å². The van der Waals surface area contributed by atoms with E-state index >= 15 is 0 Å². The molecule has 2 heterocycles. The number of rotatable bonds is 5. The molecule has 10 rings (SSSR count). The molecule has 10 aromatic rings. The number of aromatic nitrogens is 1. The average Bonchev–Trinajstić information content (AvgIpc) is 3.71. The monoisotopic (exact) mass is 626 g/mol. The van der Waals surface area contributed by atoms with Crippen LogP contribution in [0.5, 0.6) is 0 Å². The summed E-state index contributed by atoms with van der Waals surface area (Å²) >= 11 is 0. The maximum Gasteiger partial charge on any atom is 0.159 e. The molecule has 49 heavy (non-hydrogen) atoms. The molecule has 0 amide bonds. The second kappa shape index (κ2) is 11.0. The smallest absolute Gasteiger partial charge is 0.159 e. The van der Waals surface area contributed by atoms with Crippen molar-refractivity contribution in [3.8, 4) is 16.8 Å². The van der Waals surface area contributed by atoms with Crippen LogP contribution in [-0.4, -0.2) is 4.57 Å². The first-order chi connectivity index (χ1) is 24.3. The lowest BCUT2D eigenvalue weighted by molar-refractivity contribution is 0.669. The molecule has 3 heteroatoms. The number of fused-ring (bicyclic) bond motifs is 7. The molecular weight excluding hydrogens is 597 g/mol. The largest absolute Gasteiger partial charge is 0.454 e. The number of benzene rings is 8. The van der Waals surface area contributed by atoms with Gasteiger partial charge in [-0.25, -0.2) is 0 Å². The standard InChI is InChI=1S/C46H30N2O/c1-3-14-35(15-4-1)47(37-25-22-31-12-7-8-13-32(31)28-37)43-21-11-19-40-41-29-33(24-27-45(41)49-46(40)43)34-23-26-39-38-18-9-10-20-42(38)48(44(39)30-34)36-16-5-2-6-17-36/h1-30H.